The zero-order valence-electron chi connectivity index (χ0n) is 14.1. The van der Waals surface area contributed by atoms with E-state index in [9.17, 15) is 13.2 Å². The van der Waals surface area contributed by atoms with E-state index in [0.717, 1.165) is 4.31 Å². The predicted octanol–water partition coefficient (Wildman–Crippen LogP) is 3.00. The monoisotopic (exact) mass is 382 g/mol. The summed E-state index contributed by atoms with van der Waals surface area (Å²) in [4.78, 5) is 12.4. The van der Waals surface area contributed by atoms with Crippen LogP contribution in [-0.4, -0.2) is 38.8 Å². The Morgan fingerprint density at radius 3 is 2.48 bits per heavy atom. The van der Waals surface area contributed by atoms with Crippen LogP contribution in [0.1, 0.15) is 6.92 Å². The summed E-state index contributed by atoms with van der Waals surface area (Å²) in [5.41, 5.74) is 0.363. The van der Waals surface area contributed by atoms with Crippen LogP contribution in [0, 0.1) is 0 Å². The molecule has 0 aromatic heterocycles. The molecule has 0 fully saturated rings. The number of anilines is 1. The number of hydrogen-bond acceptors (Lipinski definition) is 4. The lowest BCUT2D eigenvalue weighted by Crippen LogP contribution is -2.30. The van der Waals surface area contributed by atoms with Gasteiger partial charge in [0.15, 0.2) is 6.10 Å². The maximum atomic E-state index is 12.3. The second-order valence-corrected chi connectivity index (χ2v) is 8.05. The quantitative estimate of drug-likeness (QED) is 0.833. The molecule has 134 valence electrons. The molecule has 0 aliphatic carbocycles. The Morgan fingerprint density at radius 1 is 1.16 bits per heavy atom. The molecule has 0 unspecified atom stereocenters. The number of para-hydroxylation sites is 1. The van der Waals surface area contributed by atoms with E-state index in [1.54, 1.807) is 43.3 Å². The molecule has 1 amide bonds. The lowest BCUT2D eigenvalue weighted by molar-refractivity contribution is -0.122. The molecule has 2 aromatic carbocycles. The van der Waals surface area contributed by atoms with Gasteiger partial charge in [-0.1, -0.05) is 29.8 Å². The highest BCUT2D eigenvalue weighted by atomic mass is 35.5. The molecule has 0 spiro atoms. The summed E-state index contributed by atoms with van der Waals surface area (Å²) < 4.78 is 31.0. The molecule has 1 atom stereocenters. The van der Waals surface area contributed by atoms with Gasteiger partial charge in [0, 0.05) is 19.8 Å². The third-order valence-corrected chi connectivity index (χ3v) is 5.51. The van der Waals surface area contributed by atoms with E-state index in [1.165, 1.54) is 26.2 Å². The topological polar surface area (TPSA) is 75.7 Å². The standard InChI is InChI=1S/C17H19ClN2O4S/c1-12(24-16-10-5-4-9-15(16)18)17(21)19-13-7-6-8-14(11-13)25(22,23)20(2)3/h4-12H,1-3H3,(H,19,21)/t12-/m1/s1. The summed E-state index contributed by atoms with van der Waals surface area (Å²) in [6.45, 7) is 1.58. The van der Waals surface area contributed by atoms with Crippen molar-refractivity contribution < 1.29 is 17.9 Å². The van der Waals surface area contributed by atoms with E-state index in [2.05, 4.69) is 5.32 Å². The molecule has 25 heavy (non-hydrogen) atoms. The van der Waals surface area contributed by atoms with Crippen LogP contribution in [0.4, 0.5) is 5.69 Å². The van der Waals surface area contributed by atoms with Crippen molar-refractivity contribution in [1.82, 2.24) is 4.31 Å². The Labute approximate surface area is 152 Å². The van der Waals surface area contributed by atoms with Crippen LogP contribution in [0.3, 0.4) is 0 Å². The van der Waals surface area contributed by atoms with Crippen LogP contribution in [0.15, 0.2) is 53.4 Å². The number of hydrogen-bond donors (Lipinski definition) is 1. The van der Waals surface area contributed by atoms with Gasteiger partial charge in [-0.25, -0.2) is 12.7 Å². The van der Waals surface area contributed by atoms with E-state index >= 15 is 0 Å². The number of amides is 1. The predicted molar refractivity (Wildman–Crippen MR) is 97.5 cm³/mol. The van der Waals surface area contributed by atoms with Crippen molar-refractivity contribution in [3.8, 4) is 5.75 Å². The summed E-state index contributed by atoms with van der Waals surface area (Å²) in [5, 5.41) is 3.05. The molecule has 0 aliphatic heterocycles. The van der Waals surface area contributed by atoms with Gasteiger partial charge in [0.1, 0.15) is 5.75 Å². The summed E-state index contributed by atoms with van der Waals surface area (Å²) >= 11 is 6.01. The Bertz CT molecular complexity index is 868. The molecule has 1 N–H and O–H groups in total. The molecular weight excluding hydrogens is 364 g/mol. The van der Waals surface area contributed by atoms with Crippen LogP contribution < -0.4 is 10.1 Å². The first-order chi connectivity index (χ1) is 11.7. The number of nitrogens with zero attached hydrogens (tertiary/aromatic N) is 1. The number of ether oxygens (including phenoxy) is 1. The molecule has 0 radical (unpaired) electrons. The normalized spacial score (nSPS) is 12.7. The van der Waals surface area contributed by atoms with Crippen molar-refractivity contribution in [2.24, 2.45) is 0 Å². The van der Waals surface area contributed by atoms with E-state index in [4.69, 9.17) is 16.3 Å². The molecule has 0 heterocycles. The smallest absolute Gasteiger partial charge is 0.265 e. The summed E-state index contributed by atoms with van der Waals surface area (Å²) in [7, 11) is -0.687. The zero-order valence-corrected chi connectivity index (χ0v) is 15.6. The zero-order chi connectivity index (χ0) is 18.6. The Morgan fingerprint density at radius 2 is 1.84 bits per heavy atom. The van der Waals surface area contributed by atoms with Crippen molar-refractivity contribution in [2.75, 3.05) is 19.4 Å². The molecule has 0 bridgehead atoms. The van der Waals surface area contributed by atoms with Crippen molar-refractivity contribution in [1.29, 1.82) is 0 Å². The van der Waals surface area contributed by atoms with Crippen molar-refractivity contribution >= 4 is 33.2 Å². The number of sulfonamides is 1. The maximum Gasteiger partial charge on any atom is 0.265 e. The molecule has 0 saturated heterocycles. The van der Waals surface area contributed by atoms with Gasteiger partial charge in [-0.15, -0.1) is 0 Å². The highest BCUT2D eigenvalue weighted by Gasteiger charge is 2.19. The minimum absolute atomic E-state index is 0.0926. The highest BCUT2D eigenvalue weighted by molar-refractivity contribution is 7.89. The van der Waals surface area contributed by atoms with Crippen LogP contribution in [0.2, 0.25) is 5.02 Å². The number of rotatable bonds is 6. The first kappa shape index (κ1) is 19.2. The number of carbonyl (C=O) groups excluding carboxylic acids is 1. The number of halogens is 1. The number of benzene rings is 2. The van der Waals surface area contributed by atoms with E-state index in [-0.39, 0.29) is 4.90 Å². The second-order valence-electron chi connectivity index (χ2n) is 5.50. The Kier molecular flexibility index (Phi) is 6.05. The van der Waals surface area contributed by atoms with Gasteiger partial charge in [0.2, 0.25) is 10.0 Å². The maximum absolute atomic E-state index is 12.3. The van der Waals surface area contributed by atoms with Crippen LogP contribution >= 0.6 is 11.6 Å². The minimum atomic E-state index is -3.58. The summed E-state index contributed by atoms with van der Waals surface area (Å²) in [6.07, 6.45) is -0.811. The Balaban J connectivity index is 2.12. The van der Waals surface area contributed by atoms with Gasteiger partial charge in [-0.3, -0.25) is 4.79 Å². The van der Waals surface area contributed by atoms with E-state index < -0.39 is 22.0 Å². The summed E-state index contributed by atoms with van der Waals surface area (Å²) in [6, 6.07) is 12.9. The van der Waals surface area contributed by atoms with Gasteiger partial charge in [0.25, 0.3) is 5.91 Å². The third kappa shape index (κ3) is 4.72. The second kappa shape index (κ2) is 7.86. The fraction of sp³-hybridized carbons (Fsp3) is 0.235. The first-order valence-electron chi connectivity index (χ1n) is 7.46. The lowest BCUT2D eigenvalue weighted by atomic mass is 10.3. The van der Waals surface area contributed by atoms with Gasteiger partial charge < -0.3 is 10.1 Å². The fourth-order valence-electron chi connectivity index (χ4n) is 1.97. The first-order valence-corrected chi connectivity index (χ1v) is 9.28. The molecule has 0 saturated carbocycles. The van der Waals surface area contributed by atoms with Gasteiger partial charge >= 0.3 is 0 Å². The SMILES string of the molecule is C[C@@H](Oc1ccccc1Cl)C(=O)Nc1cccc(S(=O)(=O)N(C)C)c1. The van der Waals surface area contributed by atoms with Gasteiger partial charge in [-0.2, -0.15) is 0 Å². The van der Waals surface area contributed by atoms with Crippen molar-refractivity contribution in [2.45, 2.75) is 17.9 Å². The van der Waals surface area contributed by atoms with Crippen LogP contribution in [0.5, 0.6) is 5.75 Å². The fourth-order valence-corrected chi connectivity index (χ4v) is 3.10. The number of nitrogens with one attached hydrogen (secondary N) is 1. The average Bonchev–Trinajstić information content (AvgIpc) is 2.57. The third-order valence-electron chi connectivity index (χ3n) is 3.39. The van der Waals surface area contributed by atoms with Gasteiger partial charge in [0.05, 0.1) is 9.92 Å². The average molecular weight is 383 g/mol. The van der Waals surface area contributed by atoms with Gasteiger partial charge in [-0.05, 0) is 37.3 Å². The summed E-state index contributed by atoms with van der Waals surface area (Å²) in [5.74, 6) is -0.0185. The molecular formula is C17H19ClN2O4S. The largest absolute Gasteiger partial charge is 0.479 e. The van der Waals surface area contributed by atoms with E-state index in [0.29, 0.717) is 16.5 Å². The van der Waals surface area contributed by atoms with Crippen molar-refractivity contribution in [3.05, 3.63) is 53.6 Å². The Hall–Kier alpha value is -2.09. The van der Waals surface area contributed by atoms with Crippen LogP contribution in [0.25, 0.3) is 0 Å². The highest BCUT2D eigenvalue weighted by Crippen LogP contribution is 2.24. The van der Waals surface area contributed by atoms with Crippen LogP contribution in [-0.2, 0) is 14.8 Å². The molecule has 2 rings (SSSR count). The molecule has 0 aliphatic rings. The molecule has 8 heteroatoms. The minimum Gasteiger partial charge on any atom is -0.479 e. The number of carbonyl (C=O) groups is 1. The van der Waals surface area contributed by atoms with E-state index in [1.807, 2.05) is 0 Å². The molecule has 6 nitrogen and oxygen atoms in total. The van der Waals surface area contributed by atoms with Crippen molar-refractivity contribution in [3.63, 3.8) is 0 Å². The molecule has 2 aromatic rings. The lowest BCUT2D eigenvalue weighted by Gasteiger charge is -2.16.